The second-order valence-electron chi connectivity index (χ2n) is 8.09. The van der Waals surface area contributed by atoms with Gasteiger partial charge in [-0.15, -0.1) is 9.42 Å². The Morgan fingerprint density at radius 3 is 2.88 bits per heavy atom. The predicted octanol–water partition coefficient (Wildman–Crippen LogP) is 2.29. The smallest absolute Gasteiger partial charge is 0.394 e. The van der Waals surface area contributed by atoms with Gasteiger partial charge in [-0.2, -0.15) is 0 Å². The molecular weight excluding hydrogens is 454 g/mol. The van der Waals surface area contributed by atoms with E-state index in [-0.39, 0.29) is 5.91 Å². The zero-order valence-corrected chi connectivity index (χ0v) is 18.3. The Bertz CT molecular complexity index is 1100. The summed E-state index contributed by atoms with van der Waals surface area (Å²) in [6.07, 6.45) is -1.51. The highest BCUT2D eigenvalue weighted by Crippen LogP contribution is 2.44. The Labute approximate surface area is 189 Å². The number of hydrogen-bond acceptors (Lipinski definition) is 7. The van der Waals surface area contributed by atoms with Crippen LogP contribution < -0.4 is 5.32 Å². The van der Waals surface area contributed by atoms with E-state index in [0.717, 1.165) is 11.1 Å². The van der Waals surface area contributed by atoms with Crippen LogP contribution in [0.15, 0.2) is 41.5 Å². The van der Waals surface area contributed by atoms with Crippen LogP contribution in [0.25, 0.3) is 0 Å². The average Bonchev–Trinajstić information content (AvgIpc) is 3.26. The van der Waals surface area contributed by atoms with Gasteiger partial charge in [0.05, 0.1) is 12.9 Å². The minimum absolute atomic E-state index is 0.146. The molecule has 3 aliphatic rings. The molecule has 4 heterocycles. The van der Waals surface area contributed by atoms with Crippen LogP contribution in [-0.4, -0.2) is 63.2 Å². The maximum Gasteiger partial charge on any atom is 0.695 e. The number of carbonyl (C=O) groups excluding carboxylic acids is 1. The van der Waals surface area contributed by atoms with E-state index in [9.17, 15) is 14.5 Å². The van der Waals surface area contributed by atoms with Crippen LogP contribution in [0.5, 0.6) is 0 Å². The number of alkyl halides is 1. The minimum atomic E-state index is -3.07. The second kappa shape index (κ2) is 8.92. The van der Waals surface area contributed by atoms with Crippen LogP contribution in [0.1, 0.15) is 40.3 Å². The van der Waals surface area contributed by atoms with Gasteiger partial charge >= 0.3 is 8.25 Å². The van der Waals surface area contributed by atoms with Gasteiger partial charge in [-0.05, 0) is 30.5 Å². The molecule has 1 amide bonds. The molecule has 10 nitrogen and oxygen atoms in total. The molecule has 1 aromatic heterocycles. The molecule has 0 saturated carbocycles. The van der Waals surface area contributed by atoms with Gasteiger partial charge in [0.2, 0.25) is 0 Å². The molecule has 3 aliphatic heterocycles. The molecule has 2 aromatic rings. The highest BCUT2D eigenvalue weighted by atomic mass is 31.1. The van der Waals surface area contributed by atoms with Crippen molar-refractivity contribution in [3.63, 3.8) is 0 Å². The van der Waals surface area contributed by atoms with E-state index in [0.29, 0.717) is 30.8 Å². The summed E-state index contributed by atoms with van der Waals surface area (Å²) in [7, 11) is -3.07. The highest BCUT2D eigenvalue weighted by molar-refractivity contribution is 7.32. The van der Waals surface area contributed by atoms with Gasteiger partial charge in [0, 0.05) is 28.4 Å². The van der Waals surface area contributed by atoms with E-state index in [1.54, 1.807) is 39.9 Å². The monoisotopic (exact) mass is 477 g/mol. The predicted molar refractivity (Wildman–Crippen MR) is 116 cm³/mol. The fourth-order valence-electron chi connectivity index (χ4n) is 4.73. The Kier molecular flexibility index (Phi) is 5.98. The summed E-state index contributed by atoms with van der Waals surface area (Å²) in [5.41, 5.74) is 2.22. The van der Waals surface area contributed by atoms with E-state index in [2.05, 4.69) is 10.3 Å². The largest absolute Gasteiger partial charge is 0.695 e. The third kappa shape index (κ3) is 3.85. The lowest BCUT2D eigenvalue weighted by atomic mass is 10.1. The maximum atomic E-state index is 15.3. The van der Waals surface area contributed by atoms with Crippen LogP contribution in [0.3, 0.4) is 0 Å². The first-order valence-electron chi connectivity index (χ1n) is 10.6. The zero-order chi connectivity index (χ0) is 23.1. The van der Waals surface area contributed by atoms with Crippen molar-refractivity contribution in [2.45, 2.75) is 43.6 Å². The van der Waals surface area contributed by atoms with Gasteiger partial charge in [-0.3, -0.25) is 4.79 Å². The van der Waals surface area contributed by atoms with E-state index in [1.807, 2.05) is 6.07 Å². The molecule has 1 saturated heterocycles. The first-order valence-corrected chi connectivity index (χ1v) is 11.7. The number of aryl methyl sites for hydroxylation is 1. The first kappa shape index (κ1) is 22.1. The third-order valence-corrected chi connectivity index (χ3v) is 6.61. The number of nitrogens with one attached hydrogen (secondary N) is 1. The van der Waals surface area contributed by atoms with Gasteiger partial charge < -0.3 is 24.6 Å². The van der Waals surface area contributed by atoms with Crippen LogP contribution in [-0.2, 0) is 20.2 Å². The molecule has 0 spiro atoms. The summed E-state index contributed by atoms with van der Waals surface area (Å²) in [5, 5.41) is 12.6. The van der Waals surface area contributed by atoms with Crippen molar-refractivity contribution in [3.05, 3.63) is 53.2 Å². The molecule has 1 aromatic carbocycles. The Hall–Kier alpha value is -2.69. The third-order valence-electron chi connectivity index (χ3n) is 6.18. The number of anilines is 1. The Morgan fingerprint density at radius 2 is 2.15 bits per heavy atom. The van der Waals surface area contributed by atoms with Crippen molar-refractivity contribution in [1.82, 2.24) is 9.47 Å². The lowest BCUT2D eigenvalue weighted by Gasteiger charge is -2.31. The minimum Gasteiger partial charge on any atom is -0.394 e. The average molecular weight is 477 g/mol. The number of aliphatic imine (C=N–C) groups is 1. The molecular formula is C21H23FN4O6P+. The summed E-state index contributed by atoms with van der Waals surface area (Å²) in [4.78, 5) is 28.6. The number of hydrogen-bond donors (Lipinski definition) is 3. The molecule has 0 radical (unpaired) electrons. The van der Waals surface area contributed by atoms with Crippen molar-refractivity contribution < 1.29 is 33.0 Å². The summed E-state index contributed by atoms with van der Waals surface area (Å²) in [5.74, 6) is 0.378. The van der Waals surface area contributed by atoms with Crippen LogP contribution in [0.4, 0.5) is 10.2 Å². The number of carbonyl (C=O) groups is 1. The van der Waals surface area contributed by atoms with Gasteiger partial charge in [0.25, 0.3) is 5.91 Å². The molecule has 0 aliphatic carbocycles. The molecule has 0 bridgehead atoms. The fraction of sp³-hybridized carbons (Fsp3) is 0.429. The molecule has 12 heteroatoms. The molecule has 2 unspecified atom stereocenters. The summed E-state index contributed by atoms with van der Waals surface area (Å²) in [6.45, 7) is -0.0560. The van der Waals surface area contributed by atoms with Crippen LogP contribution in [0.2, 0.25) is 0 Å². The van der Waals surface area contributed by atoms with Gasteiger partial charge in [0.1, 0.15) is 11.9 Å². The van der Waals surface area contributed by atoms with Crippen LogP contribution in [0, 0.1) is 0 Å². The quantitative estimate of drug-likeness (QED) is 0.564. The lowest BCUT2D eigenvalue weighted by Crippen LogP contribution is -2.36. The molecule has 174 valence electrons. The van der Waals surface area contributed by atoms with Crippen LogP contribution >= 0.6 is 8.25 Å². The van der Waals surface area contributed by atoms with Crippen molar-refractivity contribution in [3.8, 4) is 0 Å². The van der Waals surface area contributed by atoms with Gasteiger partial charge in [-0.1, -0.05) is 18.2 Å². The van der Waals surface area contributed by atoms with E-state index in [4.69, 9.17) is 14.2 Å². The Morgan fingerprint density at radius 1 is 1.36 bits per heavy atom. The standard InChI is InChI=1S/C21H22FN4O6P/c22-16-17(32-33(29)30)14(10-27)31-21(16)26-9-13-7-4-8-25(18-15(13)19(26)24-11-23-18)20(28)12-5-2-1-3-6-12/h1-3,5-6,9,11,14,16-18,21,27H,4,7-8,10H2,(H-,23,24,29,30)/p+1/t14-,16-,17-,18?,21-/m1/s1. The van der Waals surface area contributed by atoms with Gasteiger partial charge in [0.15, 0.2) is 24.7 Å². The number of benzene rings is 1. The summed E-state index contributed by atoms with van der Waals surface area (Å²) >= 11 is 0. The highest BCUT2D eigenvalue weighted by Gasteiger charge is 2.52. The number of aliphatic hydroxyl groups is 1. The fourth-order valence-corrected chi connectivity index (χ4v) is 5.19. The summed E-state index contributed by atoms with van der Waals surface area (Å²) < 4.78 is 38.5. The number of aromatic nitrogens is 1. The van der Waals surface area contributed by atoms with E-state index >= 15 is 4.39 Å². The normalized spacial score (nSPS) is 28.8. The van der Waals surface area contributed by atoms with Crippen molar-refractivity contribution in [2.75, 3.05) is 18.5 Å². The van der Waals surface area contributed by atoms with Crippen molar-refractivity contribution in [2.24, 2.45) is 4.99 Å². The van der Waals surface area contributed by atoms with Gasteiger partial charge in [-0.25, -0.2) is 9.38 Å². The van der Waals surface area contributed by atoms with E-state index < -0.39 is 45.6 Å². The molecule has 1 fully saturated rings. The first-order chi connectivity index (χ1) is 16.0. The number of nitrogens with zero attached hydrogens (tertiary/aromatic N) is 3. The van der Waals surface area contributed by atoms with Crippen molar-refractivity contribution >= 4 is 26.3 Å². The zero-order valence-electron chi connectivity index (χ0n) is 17.5. The van der Waals surface area contributed by atoms with E-state index in [1.165, 1.54) is 6.34 Å². The topological polar surface area (TPSA) is 126 Å². The number of ether oxygens (including phenoxy) is 1. The number of amides is 1. The second-order valence-corrected chi connectivity index (χ2v) is 8.77. The SMILES string of the molecule is O=C(c1ccccc1)N1CCCc2cn([C@@H]3O[C@H](CO)[C@@H](O[P+](=O)O)[C@H]3F)c3c2C1N=CN3. The number of aliphatic hydroxyl groups excluding tert-OH is 1. The lowest BCUT2D eigenvalue weighted by molar-refractivity contribution is -0.0441. The molecule has 33 heavy (non-hydrogen) atoms. The molecule has 3 N–H and O–H groups in total. The Balaban J connectivity index is 1.50. The summed E-state index contributed by atoms with van der Waals surface area (Å²) in [6, 6.07) is 8.97. The number of rotatable bonds is 5. The number of halogens is 1. The van der Waals surface area contributed by atoms with Crippen molar-refractivity contribution in [1.29, 1.82) is 0 Å². The maximum absolute atomic E-state index is 15.3. The molecule has 5 rings (SSSR count). The molecule has 6 atom stereocenters.